The summed E-state index contributed by atoms with van der Waals surface area (Å²) in [5.41, 5.74) is 3.72. The molecule has 4 nitrogen and oxygen atoms in total. The lowest BCUT2D eigenvalue weighted by Gasteiger charge is -2.42. The van der Waals surface area contributed by atoms with Gasteiger partial charge in [-0.05, 0) is 70.8 Å². The molecule has 3 rings (SSSR count). The molecule has 5 heteroatoms. The van der Waals surface area contributed by atoms with Gasteiger partial charge in [0.15, 0.2) is 0 Å². The average Bonchev–Trinajstić information content (AvgIpc) is 2.55. The van der Waals surface area contributed by atoms with Gasteiger partial charge in [-0.1, -0.05) is 28.1 Å². The van der Waals surface area contributed by atoms with Crippen LogP contribution in [0.1, 0.15) is 42.3 Å². The van der Waals surface area contributed by atoms with E-state index in [-0.39, 0.29) is 11.7 Å². The molecule has 0 fully saturated rings. The number of phenolic OH excluding ortho intramolecular Hbond substituents is 1. The molecule has 0 spiro atoms. The van der Waals surface area contributed by atoms with Crippen molar-refractivity contribution in [3.05, 3.63) is 63.6 Å². The fraction of sp³-hybridized carbons (Fsp3) is 0.318. The number of halogens is 1. The van der Waals surface area contributed by atoms with E-state index in [0.29, 0.717) is 12.1 Å². The number of hydrogen-bond donors (Lipinski definition) is 1. The van der Waals surface area contributed by atoms with Crippen LogP contribution in [-0.4, -0.2) is 35.5 Å². The number of allylic oxidation sites excluding steroid dienone is 1. The van der Waals surface area contributed by atoms with Crippen molar-refractivity contribution in [3.63, 3.8) is 0 Å². The third kappa shape index (κ3) is 3.80. The second-order valence-electron chi connectivity index (χ2n) is 7.87. The van der Waals surface area contributed by atoms with Crippen LogP contribution in [0, 0.1) is 0 Å². The standard InChI is InChI=1S/C22H25BrN2O2/c1-14-12-22(2,3)25(21(27)15-7-6-8-17(23)9-15)19-10-16(13-24(4)5)20(26)11-18(14)19/h6-12,26H,13H2,1-5H3. The lowest BCUT2D eigenvalue weighted by molar-refractivity contribution is 0.0970. The maximum Gasteiger partial charge on any atom is 0.259 e. The molecule has 1 aliphatic heterocycles. The van der Waals surface area contributed by atoms with Crippen molar-refractivity contribution >= 4 is 33.1 Å². The Morgan fingerprint density at radius 1 is 1.22 bits per heavy atom. The van der Waals surface area contributed by atoms with Gasteiger partial charge in [-0.25, -0.2) is 0 Å². The van der Waals surface area contributed by atoms with E-state index in [0.717, 1.165) is 26.9 Å². The van der Waals surface area contributed by atoms with Crippen molar-refractivity contribution in [2.75, 3.05) is 19.0 Å². The van der Waals surface area contributed by atoms with Gasteiger partial charge in [0.25, 0.3) is 5.91 Å². The monoisotopic (exact) mass is 428 g/mol. The molecule has 2 aromatic carbocycles. The highest BCUT2D eigenvalue weighted by molar-refractivity contribution is 9.10. The van der Waals surface area contributed by atoms with Crippen LogP contribution in [0.2, 0.25) is 0 Å². The molecule has 1 amide bonds. The van der Waals surface area contributed by atoms with Crippen LogP contribution in [0.3, 0.4) is 0 Å². The Hall–Kier alpha value is -2.11. The largest absolute Gasteiger partial charge is 0.508 e. The number of carbonyl (C=O) groups excluding carboxylic acids is 1. The second kappa shape index (κ2) is 7.13. The van der Waals surface area contributed by atoms with E-state index >= 15 is 0 Å². The summed E-state index contributed by atoms with van der Waals surface area (Å²) in [5.74, 6) is 0.192. The minimum Gasteiger partial charge on any atom is -0.508 e. The summed E-state index contributed by atoms with van der Waals surface area (Å²) in [7, 11) is 3.91. The predicted octanol–water partition coefficient (Wildman–Crippen LogP) is 5.06. The SMILES string of the molecule is CC1=CC(C)(C)N(C(=O)c2cccc(Br)c2)c2cc(CN(C)C)c(O)cc21. The summed E-state index contributed by atoms with van der Waals surface area (Å²) in [4.78, 5) is 17.3. The second-order valence-corrected chi connectivity index (χ2v) is 8.78. The predicted molar refractivity (Wildman–Crippen MR) is 114 cm³/mol. The van der Waals surface area contributed by atoms with Crippen LogP contribution in [0.5, 0.6) is 5.75 Å². The van der Waals surface area contributed by atoms with Crippen LogP contribution in [0.15, 0.2) is 46.9 Å². The fourth-order valence-corrected chi connectivity index (χ4v) is 4.09. The number of hydrogen-bond acceptors (Lipinski definition) is 3. The molecule has 1 N–H and O–H groups in total. The van der Waals surface area contributed by atoms with Crippen molar-refractivity contribution < 1.29 is 9.90 Å². The number of anilines is 1. The number of aromatic hydroxyl groups is 1. The molecule has 1 heterocycles. The van der Waals surface area contributed by atoms with Gasteiger partial charge in [0, 0.05) is 27.7 Å². The highest BCUT2D eigenvalue weighted by Gasteiger charge is 2.37. The zero-order chi connectivity index (χ0) is 19.9. The summed E-state index contributed by atoms with van der Waals surface area (Å²) >= 11 is 3.45. The van der Waals surface area contributed by atoms with Crippen molar-refractivity contribution in [1.82, 2.24) is 4.90 Å². The zero-order valence-corrected chi connectivity index (χ0v) is 18.0. The molecule has 0 saturated heterocycles. The first-order chi connectivity index (χ1) is 12.6. The molecule has 0 bridgehead atoms. The molecular formula is C22H25BrN2O2. The van der Waals surface area contributed by atoms with Gasteiger partial charge in [0.05, 0.1) is 11.2 Å². The number of phenols is 1. The summed E-state index contributed by atoms with van der Waals surface area (Å²) in [6.07, 6.45) is 2.08. The van der Waals surface area contributed by atoms with Crippen LogP contribution in [0.25, 0.3) is 5.57 Å². The van der Waals surface area contributed by atoms with E-state index in [9.17, 15) is 9.90 Å². The Balaban J connectivity index is 2.18. The third-order valence-electron chi connectivity index (χ3n) is 4.77. The molecule has 0 aromatic heterocycles. The van der Waals surface area contributed by atoms with Crippen molar-refractivity contribution in [1.29, 1.82) is 0 Å². The normalized spacial score (nSPS) is 15.5. The molecule has 2 aromatic rings. The van der Waals surface area contributed by atoms with E-state index in [1.54, 1.807) is 6.07 Å². The minimum absolute atomic E-state index is 0.0622. The molecule has 0 aliphatic carbocycles. The minimum atomic E-state index is -0.483. The maximum atomic E-state index is 13.5. The number of benzene rings is 2. The molecule has 27 heavy (non-hydrogen) atoms. The molecule has 0 radical (unpaired) electrons. The number of carbonyl (C=O) groups is 1. The number of amides is 1. The molecular weight excluding hydrogens is 404 g/mol. The van der Waals surface area contributed by atoms with Gasteiger partial charge in [-0.3, -0.25) is 9.69 Å². The lowest BCUT2D eigenvalue weighted by atomic mass is 9.87. The maximum absolute atomic E-state index is 13.5. The fourth-order valence-electron chi connectivity index (χ4n) is 3.69. The first-order valence-corrected chi connectivity index (χ1v) is 9.70. The summed E-state index contributed by atoms with van der Waals surface area (Å²) in [5, 5.41) is 10.5. The Labute approximate surface area is 169 Å². The van der Waals surface area contributed by atoms with Gasteiger partial charge >= 0.3 is 0 Å². The molecule has 1 aliphatic rings. The van der Waals surface area contributed by atoms with Crippen LogP contribution >= 0.6 is 15.9 Å². The van der Waals surface area contributed by atoms with Gasteiger partial charge in [0.2, 0.25) is 0 Å². The number of nitrogens with zero attached hydrogens (tertiary/aromatic N) is 2. The van der Waals surface area contributed by atoms with Gasteiger partial charge in [-0.15, -0.1) is 0 Å². The third-order valence-corrected chi connectivity index (χ3v) is 5.26. The van der Waals surface area contributed by atoms with E-state index in [1.165, 1.54) is 0 Å². The van der Waals surface area contributed by atoms with Gasteiger partial charge in [-0.2, -0.15) is 0 Å². The summed E-state index contributed by atoms with van der Waals surface area (Å²) in [6.45, 7) is 6.69. The summed E-state index contributed by atoms with van der Waals surface area (Å²) in [6, 6.07) is 11.2. The van der Waals surface area contributed by atoms with Gasteiger partial charge < -0.3 is 10.0 Å². The Kier molecular flexibility index (Phi) is 5.19. The average molecular weight is 429 g/mol. The van der Waals surface area contributed by atoms with E-state index in [1.807, 2.05) is 75.0 Å². The number of fused-ring (bicyclic) bond motifs is 1. The van der Waals surface area contributed by atoms with Crippen LogP contribution in [0.4, 0.5) is 5.69 Å². The van der Waals surface area contributed by atoms with Crippen molar-refractivity contribution in [2.45, 2.75) is 32.9 Å². The molecule has 0 unspecified atom stereocenters. The highest BCUT2D eigenvalue weighted by atomic mass is 79.9. The number of rotatable bonds is 3. The smallest absolute Gasteiger partial charge is 0.259 e. The lowest BCUT2D eigenvalue weighted by Crippen LogP contribution is -2.49. The highest BCUT2D eigenvalue weighted by Crippen LogP contribution is 2.42. The Bertz CT molecular complexity index is 932. The quantitative estimate of drug-likeness (QED) is 0.742. The van der Waals surface area contributed by atoms with Crippen molar-refractivity contribution in [2.24, 2.45) is 0 Å². The Morgan fingerprint density at radius 3 is 2.56 bits per heavy atom. The first-order valence-electron chi connectivity index (χ1n) is 8.91. The van der Waals surface area contributed by atoms with Crippen LogP contribution in [-0.2, 0) is 6.54 Å². The van der Waals surface area contributed by atoms with E-state index < -0.39 is 5.54 Å². The Morgan fingerprint density at radius 2 is 1.93 bits per heavy atom. The first kappa shape index (κ1) is 19.6. The molecule has 0 atom stereocenters. The van der Waals surface area contributed by atoms with Gasteiger partial charge in [0.1, 0.15) is 5.75 Å². The topological polar surface area (TPSA) is 43.8 Å². The van der Waals surface area contributed by atoms with Crippen LogP contribution < -0.4 is 4.90 Å². The zero-order valence-electron chi connectivity index (χ0n) is 16.4. The molecule has 0 saturated carbocycles. The molecule has 142 valence electrons. The van der Waals surface area contributed by atoms with E-state index in [4.69, 9.17) is 0 Å². The summed E-state index contributed by atoms with van der Waals surface area (Å²) < 4.78 is 0.870. The van der Waals surface area contributed by atoms with Crippen molar-refractivity contribution in [3.8, 4) is 5.75 Å². The van der Waals surface area contributed by atoms with E-state index in [2.05, 4.69) is 22.0 Å².